The fraction of sp³-hybridized carbons (Fsp3) is 0.333. The number of ether oxygens (including phenoxy) is 1. The molecule has 1 saturated heterocycles. The number of pyridine rings is 1. The SMILES string of the molecule is O=c1c2cn[nH]c2c2ccccc2n1C1CCCCO1. The number of hydrogen-bond donors (Lipinski definition) is 1. The van der Waals surface area contributed by atoms with Gasteiger partial charge in [-0.1, -0.05) is 18.2 Å². The van der Waals surface area contributed by atoms with Crippen LogP contribution in [0.2, 0.25) is 0 Å². The molecule has 3 heterocycles. The first-order valence-electron chi connectivity index (χ1n) is 6.94. The summed E-state index contributed by atoms with van der Waals surface area (Å²) in [5, 5.41) is 8.58. The quantitative estimate of drug-likeness (QED) is 0.738. The maximum absolute atomic E-state index is 12.7. The van der Waals surface area contributed by atoms with Gasteiger partial charge in [0.05, 0.1) is 22.6 Å². The number of para-hydroxylation sites is 1. The summed E-state index contributed by atoms with van der Waals surface area (Å²) in [7, 11) is 0. The maximum atomic E-state index is 12.7. The highest BCUT2D eigenvalue weighted by molar-refractivity contribution is 6.02. The van der Waals surface area contributed by atoms with Crippen LogP contribution in [-0.4, -0.2) is 21.4 Å². The van der Waals surface area contributed by atoms with E-state index in [1.165, 1.54) is 0 Å². The summed E-state index contributed by atoms with van der Waals surface area (Å²) in [4.78, 5) is 12.7. The first kappa shape index (κ1) is 11.7. The van der Waals surface area contributed by atoms with E-state index in [0.717, 1.165) is 42.3 Å². The van der Waals surface area contributed by atoms with Crippen molar-refractivity contribution in [2.45, 2.75) is 25.5 Å². The van der Waals surface area contributed by atoms with Crippen LogP contribution >= 0.6 is 0 Å². The minimum Gasteiger partial charge on any atom is -0.358 e. The Bertz CT molecular complexity index is 828. The third-order valence-corrected chi connectivity index (χ3v) is 3.97. The van der Waals surface area contributed by atoms with Crippen molar-refractivity contribution in [3.8, 4) is 0 Å². The number of aromatic amines is 1. The van der Waals surface area contributed by atoms with Gasteiger partial charge in [-0.25, -0.2) is 0 Å². The third kappa shape index (κ3) is 1.59. The topological polar surface area (TPSA) is 59.9 Å². The van der Waals surface area contributed by atoms with Gasteiger partial charge in [0, 0.05) is 12.0 Å². The van der Waals surface area contributed by atoms with Gasteiger partial charge in [-0.15, -0.1) is 0 Å². The fourth-order valence-corrected chi connectivity index (χ4v) is 3.00. The van der Waals surface area contributed by atoms with Gasteiger partial charge in [-0.3, -0.25) is 14.5 Å². The highest BCUT2D eigenvalue weighted by Crippen LogP contribution is 2.27. The molecule has 0 bridgehead atoms. The largest absolute Gasteiger partial charge is 0.358 e. The molecule has 5 nitrogen and oxygen atoms in total. The molecule has 5 heteroatoms. The van der Waals surface area contributed by atoms with Gasteiger partial charge in [-0.05, 0) is 25.3 Å². The van der Waals surface area contributed by atoms with E-state index in [2.05, 4.69) is 10.2 Å². The van der Waals surface area contributed by atoms with Gasteiger partial charge in [0.25, 0.3) is 5.56 Å². The van der Waals surface area contributed by atoms with Crippen molar-refractivity contribution in [2.24, 2.45) is 0 Å². The first-order valence-corrected chi connectivity index (χ1v) is 6.94. The normalized spacial score (nSPS) is 19.7. The molecule has 20 heavy (non-hydrogen) atoms. The maximum Gasteiger partial charge on any atom is 0.264 e. The van der Waals surface area contributed by atoms with E-state index in [4.69, 9.17) is 4.74 Å². The summed E-state index contributed by atoms with van der Waals surface area (Å²) < 4.78 is 7.59. The lowest BCUT2D eigenvalue weighted by Gasteiger charge is -2.26. The summed E-state index contributed by atoms with van der Waals surface area (Å²) >= 11 is 0. The molecule has 1 unspecified atom stereocenters. The molecule has 1 aliphatic heterocycles. The van der Waals surface area contributed by atoms with Crippen molar-refractivity contribution >= 4 is 21.8 Å². The van der Waals surface area contributed by atoms with Crippen molar-refractivity contribution in [1.29, 1.82) is 0 Å². The molecule has 102 valence electrons. The molecule has 1 fully saturated rings. The predicted octanol–water partition coefficient (Wildman–Crippen LogP) is 2.58. The van der Waals surface area contributed by atoms with E-state index in [9.17, 15) is 4.79 Å². The Labute approximate surface area is 115 Å². The number of rotatable bonds is 1. The highest BCUT2D eigenvalue weighted by Gasteiger charge is 2.21. The van der Waals surface area contributed by atoms with E-state index in [0.29, 0.717) is 5.39 Å². The Balaban J connectivity index is 2.10. The summed E-state index contributed by atoms with van der Waals surface area (Å²) in [6.45, 7) is 0.717. The minimum atomic E-state index is -0.166. The first-order chi connectivity index (χ1) is 9.86. The second kappa shape index (κ2) is 4.45. The van der Waals surface area contributed by atoms with Crippen molar-refractivity contribution in [2.75, 3.05) is 6.61 Å². The van der Waals surface area contributed by atoms with E-state index in [1.807, 2.05) is 24.3 Å². The van der Waals surface area contributed by atoms with Crippen LogP contribution in [-0.2, 0) is 4.74 Å². The van der Waals surface area contributed by atoms with Crippen LogP contribution in [0.25, 0.3) is 21.8 Å². The molecule has 0 spiro atoms. The van der Waals surface area contributed by atoms with Gasteiger partial charge in [0.1, 0.15) is 6.23 Å². The number of H-pyrrole nitrogens is 1. The van der Waals surface area contributed by atoms with Crippen LogP contribution < -0.4 is 5.56 Å². The highest BCUT2D eigenvalue weighted by atomic mass is 16.5. The van der Waals surface area contributed by atoms with Gasteiger partial charge >= 0.3 is 0 Å². The number of nitrogens with one attached hydrogen (secondary N) is 1. The molecule has 0 amide bonds. The predicted molar refractivity (Wildman–Crippen MR) is 76.7 cm³/mol. The van der Waals surface area contributed by atoms with Crippen molar-refractivity contribution < 1.29 is 4.74 Å². The van der Waals surface area contributed by atoms with Gasteiger partial charge in [0.15, 0.2) is 0 Å². The average molecular weight is 269 g/mol. The average Bonchev–Trinajstić information content (AvgIpc) is 2.99. The molecule has 2 aromatic heterocycles. The molecule has 0 saturated carbocycles. The van der Waals surface area contributed by atoms with Crippen molar-refractivity contribution in [1.82, 2.24) is 14.8 Å². The Kier molecular flexibility index (Phi) is 2.60. The zero-order chi connectivity index (χ0) is 13.5. The van der Waals surface area contributed by atoms with Crippen molar-refractivity contribution in [3.63, 3.8) is 0 Å². The lowest BCUT2D eigenvalue weighted by Crippen LogP contribution is -2.29. The van der Waals surface area contributed by atoms with Crippen LogP contribution in [0.3, 0.4) is 0 Å². The second-order valence-electron chi connectivity index (χ2n) is 5.17. The number of fused-ring (bicyclic) bond motifs is 3. The van der Waals surface area contributed by atoms with E-state index in [-0.39, 0.29) is 11.8 Å². The van der Waals surface area contributed by atoms with Crippen LogP contribution in [0.5, 0.6) is 0 Å². The standard InChI is InChI=1S/C15H15N3O2/c19-15-11-9-16-17-14(11)10-5-1-2-6-12(10)18(15)13-7-3-4-8-20-13/h1-2,5-6,9,13H,3-4,7-8H2,(H,16,17). The van der Waals surface area contributed by atoms with Crippen LogP contribution in [0.1, 0.15) is 25.5 Å². The summed E-state index contributed by atoms with van der Waals surface area (Å²) in [5.41, 5.74) is 1.68. The number of hydrogen-bond acceptors (Lipinski definition) is 3. The zero-order valence-corrected chi connectivity index (χ0v) is 11.0. The summed E-state index contributed by atoms with van der Waals surface area (Å²) in [6, 6.07) is 7.89. The molecule has 3 aromatic rings. The van der Waals surface area contributed by atoms with Crippen LogP contribution in [0.15, 0.2) is 35.3 Å². The lowest BCUT2D eigenvalue weighted by atomic mass is 10.1. The fourth-order valence-electron chi connectivity index (χ4n) is 3.00. The number of aromatic nitrogens is 3. The Morgan fingerprint density at radius 1 is 1.25 bits per heavy atom. The molecule has 1 aliphatic rings. The number of benzene rings is 1. The molecular formula is C15H15N3O2. The van der Waals surface area contributed by atoms with Crippen LogP contribution in [0.4, 0.5) is 0 Å². The lowest BCUT2D eigenvalue weighted by molar-refractivity contribution is -0.0309. The van der Waals surface area contributed by atoms with E-state index >= 15 is 0 Å². The summed E-state index contributed by atoms with van der Waals surface area (Å²) in [5.74, 6) is 0. The molecular weight excluding hydrogens is 254 g/mol. The Hall–Kier alpha value is -2.14. The van der Waals surface area contributed by atoms with Crippen LogP contribution in [0, 0.1) is 0 Å². The monoisotopic (exact) mass is 269 g/mol. The second-order valence-corrected chi connectivity index (χ2v) is 5.17. The third-order valence-electron chi connectivity index (χ3n) is 3.97. The van der Waals surface area contributed by atoms with E-state index in [1.54, 1.807) is 10.8 Å². The smallest absolute Gasteiger partial charge is 0.264 e. The molecule has 1 aromatic carbocycles. The van der Waals surface area contributed by atoms with Gasteiger partial charge < -0.3 is 4.74 Å². The van der Waals surface area contributed by atoms with Crippen molar-refractivity contribution in [3.05, 3.63) is 40.8 Å². The van der Waals surface area contributed by atoms with Gasteiger partial charge in [-0.2, -0.15) is 5.10 Å². The molecule has 0 aliphatic carbocycles. The molecule has 1 N–H and O–H groups in total. The Morgan fingerprint density at radius 3 is 3.00 bits per heavy atom. The summed E-state index contributed by atoms with van der Waals surface area (Å²) in [6.07, 6.45) is 4.48. The molecule has 0 radical (unpaired) electrons. The van der Waals surface area contributed by atoms with Gasteiger partial charge in [0.2, 0.25) is 0 Å². The molecule has 4 rings (SSSR count). The Morgan fingerprint density at radius 2 is 2.15 bits per heavy atom. The minimum absolute atomic E-state index is 0.0284. The zero-order valence-electron chi connectivity index (χ0n) is 11.0. The van der Waals surface area contributed by atoms with E-state index < -0.39 is 0 Å². The molecule has 1 atom stereocenters. The number of nitrogens with zero attached hydrogens (tertiary/aromatic N) is 2.